The van der Waals surface area contributed by atoms with Crippen LogP contribution in [0.25, 0.3) is 0 Å². The topological polar surface area (TPSA) is 119 Å². The summed E-state index contributed by atoms with van der Waals surface area (Å²) in [6, 6.07) is -1.60. The first-order valence-corrected chi connectivity index (χ1v) is 4.21. The molecule has 0 spiro atoms. The van der Waals surface area contributed by atoms with Crippen molar-refractivity contribution < 1.29 is 13.7 Å². The maximum Gasteiger partial charge on any atom is 0.472 e. The highest BCUT2D eigenvalue weighted by Gasteiger charge is 2.16. The number of hydrogen-bond acceptors (Lipinski definition) is 3. The largest absolute Gasteiger partial charge is 0.472 e. The molecule has 0 atom stereocenters. The molecule has 0 unspecified atom stereocenters. The van der Waals surface area contributed by atoms with E-state index >= 15 is 0 Å². The number of rotatable bonds is 3. The molecule has 0 bridgehead atoms. The van der Waals surface area contributed by atoms with Gasteiger partial charge in [-0.25, -0.2) is 9.59 Å². The summed E-state index contributed by atoms with van der Waals surface area (Å²) in [4.78, 5) is 24.6. The first kappa shape index (κ1) is 9.93. The van der Waals surface area contributed by atoms with Crippen LogP contribution in [0.4, 0.5) is 9.59 Å². The fourth-order valence-electron chi connectivity index (χ4n) is 0.306. The molecule has 0 aromatic carbocycles. The molecular formula is C2H6N4O3Si2. The monoisotopic (exact) mass is 190 g/mol. The lowest BCUT2D eigenvalue weighted by atomic mass is 11.2. The Balaban J connectivity index is 3.76. The van der Waals surface area contributed by atoms with E-state index < -0.39 is 21.4 Å². The molecule has 0 aliphatic heterocycles. The van der Waals surface area contributed by atoms with Crippen LogP contribution in [0.1, 0.15) is 0 Å². The zero-order valence-electron chi connectivity index (χ0n) is 5.38. The third kappa shape index (κ3) is 5.38. The quantitative estimate of drug-likeness (QED) is 0.365. The number of nitrogens with two attached hydrogens (primary N) is 2. The average molecular weight is 190 g/mol. The van der Waals surface area contributed by atoms with Crippen LogP contribution in [0.5, 0.6) is 0 Å². The van der Waals surface area contributed by atoms with Crippen LogP contribution in [0.15, 0.2) is 0 Å². The average Bonchev–Trinajstić information content (AvgIpc) is 1.84. The minimum atomic E-state index is -2.02. The van der Waals surface area contributed by atoms with Crippen LogP contribution in [0.3, 0.4) is 0 Å². The number of hydrogen-bond donors (Lipinski definition) is 4. The molecule has 0 aliphatic rings. The third-order valence-electron chi connectivity index (χ3n) is 0.576. The molecule has 0 saturated heterocycles. The molecule has 6 N–H and O–H groups in total. The highest BCUT2D eigenvalue weighted by molar-refractivity contribution is 6.55. The summed E-state index contributed by atoms with van der Waals surface area (Å²) >= 11 is 0. The van der Waals surface area contributed by atoms with Crippen molar-refractivity contribution in [2.75, 3.05) is 0 Å². The van der Waals surface area contributed by atoms with Crippen LogP contribution in [-0.2, 0) is 4.12 Å². The van der Waals surface area contributed by atoms with Gasteiger partial charge < -0.3 is 25.5 Å². The molecule has 0 rings (SSSR count). The van der Waals surface area contributed by atoms with Crippen molar-refractivity contribution in [1.82, 2.24) is 9.96 Å². The second-order valence-corrected chi connectivity index (χ2v) is 3.38. The van der Waals surface area contributed by atoms with Gasteiger partial charge in [0.25, 0.3) is 0 Å². The maximum atomic E-state index is 10.2. The Kier molecular flexibility index (Phi) is 4.25. The smallest absolute Gasteiger partial charge is 0.423 e. The van der Waals surface area contributed by atoms with Gasteiger partial charge in [0.2, 0.25) is 10.5 Å². The lowest BCUT2D eigenvalue weighted by molar-refractivity contribution is 0.250. The molecule has 0 fully saturated rings. The van der Waals surface area contributed by atoms with Crippen LogP contribution >= 0.6 is 0 Å². The molecule has 7 nitrogen and oxygen atoms in total. The van der Waals surface area contributed by atoms with Gasteiger partial charge >= 0.3 is 21.4 Å². The van der Waals surface area contributed by atoms with Crippen molar-refractivity contribution in [3.8, 4) is 0 Å². The lowest BCUT2D eigenvalue weighted by Gasteiger charge is -2.10. The van der Waals surface area contributed by atoms with Gasteiger partial charge in [-0.2, -0.15) is 0 Å². The van der Waals surface area contributed by atoms with E-state index in [1.807, 2.05) is 0 Å². The second kappa shape index (κ2) is 4.70. The number of amides is 4. The van der Waals surface area contributed by atoms with Crippen molar-refractivity contribution >= 4 is 31.9 Å². The van der Waals surface area contributed by atoms with Gasteiger partial charge in [0.05, 0.1) is 0 Å². The zero-order valence-corrected chi connectivity index (χ0v) is 7.38. The predicted octanol–water partition coefficient (Wildman–Crippen LogP) is -2.59. The van der Waals surface area contributed by atoms with E-state index in [0.29, 0.717) is 0 Å². The standard InChI is InChI=1S/C2H6N4O3Si2/c3-1(7)5-11(9-10)6-2(4)8/h(H3,3,5,7)(H3,4,6,8). The molecule has 0 heterocycles. The maximum absolute atomic E-state index is 10.2. The van der Waals surface area contributed by atoms with Gasteiger partial charge in [0.1, 0.15) is 0 Å². The predicted molar refractivity (Wildman–Crippen MR) is 38.0 cm³/mol. The van der Waals surface area contributed by atoms with Crippen LogP contribution in [0.2, 0.25) is 0 Å². The normalized spacial score (nSPS) is 9.27. The molecule has 0 aliphatic carbocycles. The van der Waals surface area contributed by atoms with Crippen molar-refractivity contribution in [1.29, 1.82) is 0 Å². The van der Waals surface area contributed by atoms with Gasteiger partial charge in [-0.1, -0.05) is 0 Å². The number of carbonyl (C=O) groups is 2. The first-order chi connectivity index (χ1) is 5.06. The second-order valence-electron chi connectivity index (χ2n) is 1.41. The summed E-state index contributed by atoms with van der Waals surface area (Å²) < 4.78 is 4.46. The minimum Gasteiger partial charge on any atom is -0.423 e. The van der Waals surface area contributed by atoms with Gasteiger partial charge in [0.15, 0.2) is 0 Å². The lowest BCUT2D eigenvalue weighted by Crippen LogP contribution is -2.56. The van der Waals surface area contributed by atoms with Crippen molar-refractivity contribution in [2.24, 2.45) is 11.5 Å². The number of nitrogens with one attached hydrogen (secondary N) is 2. The SMILES string of the molecule is NC(=O)N[Si](NC(N)=O)O[Si]. The minimum absolute atomic E-state index is 0.800. The molecule has 4 radical (unpaired) electrons. The number of carbonyl (C=O) groups excluding carboxylic acids is 2. The fraction of sp³-hybridized carbons (Fsp3) is 0. The highest BCUT2D eigenvalue weighted by atomic mass is 28.3. The summed E-state index contributed by atoms with van der Waals surface area (Å²) in [6.07, 6.45) is 0. The molecule has 9 heteroatoms. The Bertz CT molecular complexity index is 147. The van der Waals surface area contributed by atoms with Crippen LogP contribution < -0.4 is 21.4 Å². The highest BCUT2D eigenvalue weighted by Crippen LogP contribution is 1.70. The third-order valence-corrected chi connectivity index (χ3v) is 2.34. The van der Waals surface area contributed by atoms with E-state index in [4.69, 9.17) is 11.5 Å². The Morgan fingerprint density at radius 1 is 1.27 bits per heavy atom. The Morgan fingerprint density at radius 2 is 1.64 bits per heavy atom. The fourth-order valence-corrected chi connectivity index (χ4v) is 1.22. The van der Waals surface area contributed by atoms with Gasteiger partial charge in [-0.3, -0.25) is 0 Å². The van der Waals surface area contributed by atoms with Crippen molar-refractivity contribution in [3.63, 3.8) is 0 Å². The first-order valence-electron chi connectivity index (χ1n) is 2.39. The van der Waals surface area contributed by atoms with Crippen LogP contribution in [0, 0.1) is 0 Å². The molecular weight excluding hydrogens is 184 g/mol. The Labute approximate surface area is 67.9 Å². The Morgan fingerprint density at radius 3 is 1.82 bits per heavy atom. The Hall–Kier alpha value is -1.07. The van der Waals surface area contributed by atoms with E-state index in [9.17, 15) is 9.59 Å². The van der Waals surface area contributed by atoms with E-state index in [2.05, 4.69) is 24.6 Å². The van der Waals surface area contributed by atoms with E-state index in [1.54, 1.807) is 0 Å². The van der Waals surface area contributed by atoms with E-state index in [1.165, 1.54) is 0 Å². The molecule has 0 aromatic rings. The van der Waals surface area contributed by atoms with E-state index in [0.717, 1.165) is 0 Å². The van der Waals surface area contributed by atoms with E-state index in [-0.39, 0.29) is 0 Å². The number of urea groups is 2. The van der Waals surface area contributed by atoms with Gasteiger partial charge in [-0.05, 0) is 0 Å². The summed E-state index contributed by atoms with van der Waals surface area (Å²) in [5.74, 6) is 0. The summed E-state index contributed by atoms with van der Waals surface area (Å²) in [5.41, 5.74) is 9.45. The molecule has 0 saturated carbocycles. The number of primary amides is 2. The molecule has 0 aromatic heterocycles. The summed E-state index contributed by atoms with van der Waals surface area (Å²) in [6.45, 7) is 0. The van der Waals surface area contributed by atoms with Gasteiger partial charge in [-0.15, -0.1) is 0 Å². The van der Waals surface area contributed by atoms with Crippen LogP contribution in [-0.4, -0.2) is 31.9 Å². The molecule has 60 valence electrons. The summed E-state index contributed by atoms with van der Waals surface area (Å²) in [7, 11) is 0.606. The zero-order chi connectivity index (χ0) is 8.85. The van der Waals surface area contributed by atoms with Crippen molar-refractivity contribution in [2.45, 2.75) is 0 Å². The molecule has 11 heavy (non-hydrogen) atoms. The van der Waals surface area contributed by atoms with Crippen molar-refractivity contribution in [3.05, 3.63) is 0 Å². The van der Waals surface area contributed by atoms with Gasteiger partial charge in [0, 0.05) is 0 Å². The molecule has 4 amide bonds. The summed E-state index contributed by atoms with van der Waals surface area (Å²) in [5, 5.41) is 0.